The molecule has 1 heterocycles. The van der Waals surface area contributed by atoms with Gasteiger partial charge in [0.25, 0.3) is 0 Å². The van der Waals surface area contributed by atoms with Gasteiger partial charge in [-0.3, -0.25) is 0 Å². The smallest absolute Gasteiger partial charge is 0.123 e. The first kappa shape index (κ1) is 9.63. The Bertz CT molecular complexity index is 507. The summed E-state index contributed by atoms with van der Waals surface area (Å²) in [6, 6.07) is 9.90. The molecule has 72 valence electrons. The molecule has 0 bridgehead atoms. The van der Waals surface area contributed by atoms with E-state index in [1.807, 2.05) is 35.7 Å². The molecule has 0 unspecified atom stereocenters. The first-order chi connectivity index (χ1) is 7.42. The Morgan fingerprint density at radius 1 is 1.33 bits per heavy atom. The molecule has 1 aromatic carbocycles. The van der Waals surface area contributed by atoms with E-state index in [2.05, 4.69) is 4.98 Å². The van der Waals surface area contributed by atoms with Crippen molar-refractivity contribution in [1.82, 2.24) is 4.98 Å². The van der Waals surface area contributed by atoms with Gasteiger partial charge in [-0.2, -0.15) is 5.26 Å². The number of rotatable bonds is 2. The molecule has 2 nitrogen and oxygen atoms in total. The lowest BCUT2D eigenvalue weighted by molar-refractivity contribution is 1.41. The van der Waals surface area contributed by atoms with E-state index in [1.54, 1.807) is 23.6 Å². The quantitative estimate of drug-likeness (QED) is 0.716. The van der Waals surface area contributed by atoms with Crippen LogP contribution in [0.2, 0.25) is 0 Å². The molecule has 2 aromatic rings. The summed E-state index contributed by atoms with van der Waals surface area (Å²) in [4.78, 5) is 4.26. The fourth-order valence-corrected chi connectivity index (χ4v) is 2.01. The van der Waals surface area contributed by atoms with Crippen molar-refractivity contribution in [3.8, 4) is 16.6 Å². The SMILES string of the molecule is N#CC=Cc1ccccc1-c1nccs1. The largest absolute Gasteiger partial charge is 0.245 e. The standard InChI is InChI=1S/C12H8N2S/c13-7-3-5-10-4-1-2-6-11(10)12-14-8-9-15-12/h1-6,8-9H. The average Bonchev–Trinajstić information content (AvgIpc) is 2.80. The van der Waals surface area contributed by atoms with Crippen LogP contribution in [0.1, 0.15) is 5.56 Å². The van der Waals surface area contributed by atoms with Crippen molar-refractivity contribution in [3.63, 3.8) is 0 Å². The Kier molecular flexibility index (Phi) is 2.91. The van der Waals surface area contributed by atoms with Crippen LogP contribution in [-0.2, 0) is 0 Å². The summed E-state index contributed by atoms with van der Waals surface area (Å²) in [5, 5.41) is 11.4. The van der Waals surface area contributed by atoms with Gasteiger partial charge in [0.1, 0.15) is 5.01 Å². The predicted molar refractivity (Wildman–Crippen MR) is 62.2 cm³/mol. The molecule has 0 aliphatic heterocycles. The second-order valence-electron chi connectivity index (χ2n) is 2.89. The highest BCUT2D eigenvalue weighted by Gasteiger charge is 2.03. The Hall–Kier alpha value is -1.92. The van der Waals surface area contributed by atoms with Crippen LogP contribution in [0.3, 0.4) is 0 Å². The van der Waals surface area contributed by atoms with Crippen molar-refractivity contribution in [1.29, 1.82) is 5.26 Å². The monoisotopic (exact) mass is 212 g/mol. The molecule has 0 saturated carbocycles. The van der Waals surface area contributed by atoms with Crippen LogP contribution < -0.4 is 0 Å². The maximum Gasteiger partial charge on any atom is 0.123 e. The van der Waals surface area contributed by atoms with Gasteiger partial charge in [0.2, 0.25) is 0 Å². The average molecular weight is 212 g/mol. The molecule has 0 atom stereocenters. The van der Waals surface area contributed by atoms with Crippen molar-refractivity contribution >= 4 is 17.4 Å². The molecule has 0 fully saturated rings. The number of thiazole rings is 1. The number of benzene rings is 1. The Balaban J connectivity index is 2.48. The normalized spacial score (nSPS) is 10.3. The van der Waals surface area contributed by atoms with Crippen LogP contribution in [-0.4, -0.2) is 4.98 Å². The third-order valence-electron chi connectivity index (χ3n) is 1.96. The van der Waals surface area contributed by atoms with Gasteiger partial charge in [0.05, 0.1) is 6.07 Å². The van der Waals surface area contributed by atoms with Crippen molar-refractivity contribution in [2.75, 3.05) is 0 Å². The van der Waals surface area contributed by atoms with Crippen LogP contribution >= 0.6 is 11.3 Å². The summed E-state index contributed by atoms with van der Waals surface area (Å²) in [7, 11) is 0. The van der Waals surface area contributed by atoms with Gasteiger partial charge < -0.3 is 0 Å². The second-order valence-corrected chi connectivity index (χ2v) is 3.78. The molecule has 2 rings (SSSR count). The predicted octanol–water partition coefficient (Wildman–Crippen LogP) is 3.35. The van der Waals surface area contributed by atoms with Crippen LogP contribution in [0.4, 0.5) is 0 Å². The minimum Gasteiger partial charge on any atom is -0.245 e. The number of allylic oxidation sites excluding steroid dienone is 1. The van der Waals surface area contributed by atoms with E-state index < -0.39 is 0 Å². The number of aromatic nitrogens is 1. The lowest BCUT2D eigenvalue weighted by atomic mass is 10.1. The van der Waals surface area contributed by atoms with Gasteiger partial charge in [-0.25, -0.2) is 4.98 Å². The van der Waals surface area contributed by atoms with Crippen molar-refractivity contribution < 1.29 is 0 Å². The molecule has 0 radical (unpaired) electrons. The van der Waals surface area contributed by atoms with Gasteiger partial charge >= 0.3 is 0 Å². The number of hydrogen-bond acceptors (Lipinski definition) is 3. The topological polar surface area (TPSA) is 36.7 Å². The molecular formula is C12H8N2S. The molecule has 15 heavy (non-hydrogen) atoms. The lowest BCUT2D eigenvalue weighted by Crippen LogP contribution is -1.80. The zero-order valence-corrected chi connectivity index (χ0v) is 8.74. The molecule has 0 N–H and O–H groups in total. The fraction of sp³-hybridized carbons (Fsp3) is 0. The van der Waals surface area contributed by atoms with Gasteiger partial charge in [-0.15, -0.1) is 11.3 Å². The fourth-order valence-electron chi connectivity index (χ4n) is 1.32. The molecule has 0 aliphatic rings. The molecule has 0 aliphatic carbocycles. The van der Waals surface area contributed by atoms with Crippen molar-refractivity contribution in [2.24, 2.45) is 0 Å². The second kappa shape index (κ2) is 4.54. The zero-order chi connectivity index (χ0) is 10.5. The summed E-state index contributed by atoms with van der Waals surface area (Å²) in [6.07, 6.45) is 5.06. The summed E-state index contributed by atoms with van der Waals surface area (Å²) in [5.74, 6) is 0. The maximum atomic E-state index is 8.50. The van der Waals surface area contributed by atoms with Gasteiger partial charge in [0, 0.05) is 23.2 Å². The van der Waals surface area contributed by atoms with Crippen LogP contribution in [0.5, 0.6) is 0 Å². The Morgan fingerprint density at radius 2 is 2.20 bits per heavy atom. The van der Waals surface area contributed by atoms with E-state index in [0.29, 0.717) is 0 Å². The minimum absolute atomic E-state index is 0.980. The van der Waals surface area contributed by atoms with Gasteiger partial charge in [-0.05, 0) is 11.6 Å². The zero-order valence-electron chi connectivity index (χ0n) is 7.92. The number of nitriles is 1. The highest BCUT2D eigenvalue weighted by molar-refractivity contribution is 7.13. The maximum absolute atomic E-state index is 8.50. The first-order valence-corrected chi connectivity index (χ1v) is 5.35. The van der Waals surface area contributed by atoms with E-state index in [0.717, 1.165) is 16.1 Å². The number of nitrogens with zero attached hydrogens (tertiary/aromatic N) is 2. The van der Waals surface area contributed by atoms with Crippen LogP contribution in [0.25, 0.3) is 16.6 Å². The van der Waals surface area contributed by atoms with Crippen molar-refractivity contribution in [3.05, 3.63) is 47.5 Å². The summed E-state index contributed by atoms with van der Waals surface area (Å²) < 4.78 is 0. The lowest BCUT2D eigenvalue weighted by Gasteiger charge is -2.00. The summed E-state index contributed by atoms with van der Waals surface area (Å²) >= 11 is 1.60. The van der Waals surface area contributed by atoms with Gasteiger partial charge in [-0.1, -0.05) is 24.3 Å². The Labute approximate surface area is 92.1 Å². The molecule has 3 heteroatoms. The molecule has 0 spiro atoms. The van der Waals surface area contributed by atoms with Crippen LogP contribution in [0, 0.1) is 11.3 Å². The van der Waals surface area contributed by atoms with E-state index in [9.17, 15) is 0 Å². The molecule has 1 aromatic heterocycles. The molecular weight excluding hydrogens is 204 g/mol. The van der Waals surface area contributed by atoms with Gasteiger partial charge in [0.15, 0.2) is 0 Å². The van der Waals surface area contributed by atoms with E-state index >= 15 is 0 Å². The van der Waals surface area contributed by atoms with Crippen molar-refractivity contribution in [2.45, 2.75) is 0 Å². The van der Waals surface area contributed by atoms with E-state index in [4.69, 9.17) is 5.26 Å². The molecule has 0 saturated heterocycles. The highest BCUT2D eigenvalue weighted by Crippen LogP contribution is 2.26. The third kappa shape index (κ3) is 2.12. The minimum atomic E-state index is 0.980. The number of hydrogen-bond donors (Lipinski definition) is 0. The first-order valence-electron chi connectivity index (χ1n) is 4.47. The van der Waals surface area contributed by atoms with E-state index in [-0.39, 0.29) is 0 Å². The Morgan fingerprint density at radius 3 is 2.93 bits per heavy atom. The molecule has 0 amide bonds. The highest BCUT2D eigenvalue weighted by atomic mass is 32.1. The third-order valence-corrected chi connectivity index (χ3v) is 2.77. The van der Waals surface area contributed by atoms with Crippen LogP contribution in [0.15, 0.2) is 41.9 Å². The summed E-state index contributed by atoms with van der Waals surface area (Å²) in [6.45, 7) is 0. The summed E-state index contributed by atoms with van der Waals surface area (Å²) in [5.41, 5.74) is 2.09. The van der Waals surface area contributed by atoms with E-state index in [1.165, 1.54) is 6.08 Å².